The number of aromatic nitrogens is 2. The molecule has 0 saturated carbocycles. The molecule has 6 heteroatoms. The van der Waals surface area contributed by atoms with E-state index in [-0.39, 0.29) is 0 Å². The Morgan fingerprint density at radius 1 is 1.21 bits per heavy atom. The summed E-state index contributed by atoms with van der Waals surface area (Å²) in [6.45, 7) is 3.34. The van der Waals surface area contributed by atoms with Gasteiger partial charge in [-0.2, -0.15) is 0 Å². The van der Waals surface area contributed by atoms with Gasteiger partial charge >= 0.3 is 0 Å². The Balaban J connectivity index is 1.90. The highest BCUT2D eigenvalue weighted by Crippen LogP contribution is 2.23. The average Bonchev–Trinajstić information content (AvgIpc) is 2.48. The van der Waals surface area contributed by atoms with Gasteiger partial charge in [-0.25, -0.2) is 9.97 Å². The highest BCUT2D eigenvalue weighted by atomic mass is 16.5. The van der Waals surface area contributed by atoms with Gasteiger partial charge in [0.25, 0.3) is 0 Å². The minimum Gasteiger partial charge on any atom is -0.481 e. The molecule has 0 amide bonds. The molecule has 106 valence electrons. The number of hydrogen-bond donors (Lipinski definition) is 1. The van der Waals surface area contributed by atoms with Crippen molar-refractivity contribution in [3.05, 3.63) is 11.9 Å². The van der Waals surface area contributed by atoms with Gasteiger partial charge in [0.2, 0.25) is 11.8 Å². The van der Waals surface area contributed by atoms with Crippen LogP contribution in [0.15, 0.2) is 6.33 Å². The largest absolute Gasteiger partial charge is 0.481 e. The maximum Gasteiger partial charge on any atom is 0.224 e. The predicted octanol–water partition coefficient (Wildman–Crippen LogP) is 1.01. The lowest BCUT2D eigenvalue weighted by atomic mass is 10.0. The molecule has 2 rings (SSSR count). The smallest absolute Gasteiger partial charge is 0.224 e. The lowest BCUT2D eigenvalue weighted by Gasteiger charge is -2.22. The fourth-order valence-electron chi connectivity index (χ4n) is 2.24. The molecule has 0 unspecified atom stereocenters. The maximum atomic E-state index is 5.35. The summed E-state index contributed by atoms with van der Waals surface area (Å²) in [5.41, 5.74) is 0.861. The Morgan fingerprint density at radius 2 is 1.84 bits per heavy atom. The molecule has 1 N–H and O–H groups in total. The summed E-state index contributed by atoms with van der Waals surface area (Å²) in [7, 11) is 3.20. The zero-order valence-corrected chi connectivity index (χ0v) is 11.5. The molecule has 1 aromatic rings. The second-order valence-corrected chi connectivity index (χ2v) is 4.56. The topological polar surface area (TPSA) is 65.5 Å². The van der Waals surface area contributed by atoms with Crippen molar-refractivity contribution in [1.82, 2.24) is 15.3 Å². The van der Waals surface area contributed by atoms with E-state index >= 15 is 0 Å². The molecule has 1 fully saturated rings. The maximum absolute atomic E-state index is 5.35. The molecule has 0 radical (unpaired) electrons. The molecular weight excluding hydrogens is 246 g/mol. The van der Waals surface area contributed by atoms with Crippen LogP contribution in [0, 0.1) is 5.92 Å². The Kier molecular flexibility index (Phi) is 5.35. The van der Waals surface area contributed by atoms with Crippen molar-refractivity contribution >= 4 is 0 Å². The first kappa shape index (κ1) is 14.0. The van der Waals surface area contributed by atoms with E-state index in [1.165, 1.54) is 6.33 Å². The number of rotatable bonds is 6. The molecule has 0 atom stereocenters. The highest BCUT2D eigenvalue weighted by Gasteiger charge is 2.15. The van der Waals surface area contributed by atoms with E-state index in [0.29, 0.717) is 24.2 Å². The standard InChI is InChI=1S/C13H21N3O3/c1-17-12-11(13(18-2)16-9-15-12)8-14-7-10-3-5-19-6-4-10/h9-10,14H,3-8H2,1-2H3. The van der Waals surface area contributed by atoms with Gasteiger partial charge in [0.15, 0.2) is 0 Å². The summed E-state index contributed by atoms with van der Waals surface area (Å²) in [4.78, 5) is 8.20. The zero-order valence-electron chi connectivity index (χ0n) is 11.5. The van der Waals surface area contributed by atoms with Gasteiger partial charge in [-0.05, 0) is 25.3 Å². The van der Waals surface area contributed by atoms with Gasteiger partial charge in [-0.15, -0.1) is 0 Å². The van der Waals surface area contributed by atoms with Crippen LogP contribution in [0.2, 0.25) is 0 Å². The molecule has 19 heavy (non-hydrogen) atoms. The number of nitrogens with one attached hydrogen (secondary N) is 1. The monoisotopic (exact) mass is 267 g/mol. The second-order valence-electron chi connectivity index (χ2n) is 4.56. The van der Waals surface area contributed by atoms with Crippen molar-refractivity contribution in [2.75, 3.05) is 34.0 Å². The Bertz CT molecular complexity index is 372. The molecule has 2 heterocycles. The molecule has 0 aromatic carbocycles. The van der Waals surface area contributed by atoms with Gasteiger partial charge in [0.1, 0.15) is 6.33 Å². The second kappa shape index (κ2) is 7.25. The van der Waals surface area contributed by atoms with Crippen molar-refractivity contribution < 1.29 is 14.2 Å². The van der Waals surface area contributed by atoms with Crippen molar-refractivity contribution in [3.63, 3.8) is 0 Å². The third kappa shape index (κ3) is 3.78. The van der Waals surface area contributed by atoms with Crippen LogP contribution in [0.5, 0.6) is 11.8 Å². The van der Waals surface area contributed by atoms with Crippen LogP contribution < -0.4 is 14.8 Å². The van der Waals surface area contributed by atoms with Crippen LogP contribution in [-0.2, 0) is 11.3 Å². The molecule has 1 saturated heterocycles. The number of nitrogens with zero attached hydrogens (tertiary/aromatic N) is 2. The quantitative estimate of drug-likeness (QED) is 0.830. The summed E-state index contributed by atoms with van der Waals surface area (Å²) >= 11 is 0. The first-order valence-electron chi connectivity index (χ1n) is 6.55. The SMILES string of the molecule is COc1ncnc(OC)c1CNCC1CCOCC1. The zero-order chi connectivity index (χ0) is 13.5. The Hall–Kier alpha value is -1.40. The van der Waals surface area contributed by atoms with Crippen molar-refractivity contribution in [2.45, 2.75) is 19.4 Å². The van der Waals surface area contributed by atoms with Crippen LogP contribution in [0.4, 0.5) is 0 Å². The van der Waals surface area contributed by atoms with E-state index in [1.54, 1.807) is 14.2 Å². The van der Waals surface area contributed by atoms with E-state index in [2.05, 4.69) is 15.3 Å². The highest BCUT2D eigenvalue weighted by molar-refractivity contribution is 5.34. The number of methoxy groups -OCH3 is 2. The number of hydrogen-bond acceptors (Lipinski definition) is 6. The van der Waals surface area contributed by atoms with Crippen LogP contribution in [-0.4, -0.2) is 43.9 Å². The normalized spacial score (nSPS) is 16.3. The third-order valence-electron chi connectivity index (χ3n) is 3.33. The molecule has 0 bridgehead atoms. The lowest BCUT2D eigenvalue weighted by molar-refractivity contribution is 0.0662. The van der Waals surface area contributed by atoms with Gasteiger partial charge < -0.3 is 19.5 Å². The molecular formula is C13H21N3O3. The van der Waals surface area contributed by atoms with Gasteiger partial charge in [-0.3, -0.25) is 0 Å². The average molecular weight is 267 g/mol. The van der Waals surface area contributed by atoms with Gasteiger partial charge in [0, 0.05) is 19.8 Å². The fourth-order valence-corrected chi connectivity index (χ4v) is 2.24. The van der Waals surface area contributed by atoms with Crippen molar-refractivity contribution in [1.29, 1.82) is 0 Å². The molecule has 1 aliphatic heterocycles. The van der Waals surface area contributed by atoms with Crippen molar-refractivity contribution in [2.24, 2.45) is 5.92 Å². The molecule has 1 aromatic heterocycles. The first-order chi connectivity index (χ1) is 9.35. The van der Waals surface area contributed by atoms with Crippen molar-refractivity contribution in [3.8, 4) is 11.8 Å². The summed E-state index contributed by atoms with van der Waals surface area (Å²) in [5, 5.41) is 3.43. The summed E-state index contributed by atoms with van der Waals surface area (Å²) in [6, 6.07) is 0. The Labute approximate surface area is 113 Å². The minimum atomic E-state index is 0.561. The minimum absolute atomic E-state index is 0.561. The van der Waals surface area contributed by atoms with Gasteiger partial charge in [-0.1, -0.05) is 0 Å². The summed E-state index contributed by atoms with van der Waals surface area (Å²) in [5.74, 6) is 1.80. The van der Waals surface area contributed by atoms with E-state index in [1.807, 2.05) is 0 Å². The van der Waals surface area contributed by atoms with E-state index in [4.69, 9.17) is 14.2 Å². The molecule has 0 spiro atoms. The third-order valence-corrected chi connectivity index (χ3v) is 3.33. The molecule has 0 aliphatic carbocycles. The summed E-state index contributed by atoms with van der Waals surface area (Å²) < 4.78 is 15.8. The fraction of sp³-hybridized carbons (Fsp3) is 0.692. The van der Waals surface area contributed by atoms with Crippen LogP contribution in [0.3, 0.4) is 0 Å². The molecule has 1 aliphatic rings. The lowest BCUT2D eigenvalue weighted by Crippen LogP contribution is -2.27. The number of ether oxygens (including phenoxy) is 3. The molecule has 6 nitrogen and oxygen atoms in total. The van der Waals surface area contributed by atoms with Crippen LogP contribution in [0.1, 0.15) is 18.4 Å². The first-order valence-corrected chi connectivity index (χ1v) is 6.55. The van der Waals surface area contributed by atoms with E-state index < -0.39 is 0 Å². The van der Waals surface area contributed by atoms with E-state index in [0.717, 1.165) is 38.2 Å². The Morgan fingerprint density at radius 3 is 2.42 bits per heavy atom. The predicted molar refractivity (Wildman–Crippen MR) is 70.4 cm³/mol. The van der Waals surface area contributed by atoms with Crippen LogP contribution >= 0.6 is 0 Å². The summed E-state index contributed by atoms with van der Waals surface area (Å²) in [6.07, 6.45) is 3.68. The van der Waals surface area contributed by atoms with E-state index in [9.17, 15) is 0 Å². The van der Waals surface area contributed by atoms with Crippen LogP contribution in [0.25, 0.3) is 0 Å². The van der Waals surface area contributed by atoms with Gasteiger partial charge in [0.05, 0.1) is 19.8 Å².